The summed E-state index contributed by atoms with van der Waals surface area (Å²) in [5.74, 6) is -3.24. The van der Waals surface area contributed by atoms with E-state index in [1.807, 2.05) is 0 Å². The summed E-state index contributed by atoms with van der Waals surface area (Å²) in [5, 5.41) is 28.0. The van der Waals surface area contributed by atoms with Crippen molar-refractivity contribution in [3.05, 3.63) is 47.5 Å². The molecule has 0 aliphatic carbocycles. The number of carbonyl (C=O) groups is 4. The molecule has 3 amide bonds. The number of hydrogen-bond acceptors (Lipinski definition) is 9. The van der Waals surface area contributed by atoms with Crippen molar-refractivity contribution in [2.24, 2.45) is 17.2 Å². The number of hydrogen-bond donors (Lipinski definition) is 9. The van der Waals surface area contributed by atoms with Crippen LogP contribution < -0.4 is 38.9 Å². The first kappa shape index (κ1) is 35.0. The molecule has 0 spiro atoms. The van der Waals surface area contributed by atoms with Crippen LogP contribution in [0.3, 0.4) is 0 Å². The number of aromatic hydroxyl groups is 1. The van der Waals surface area contributed by atoms with Gasteiger partial charge in [-0.3, -0.25) is 14.4 Å². The number of unbranched alkanes of at least 4 members (excludes halogenated alkanes) is 1. The Labute approximate surface area is 251 Å². The van der Waals surface area contributed by atoms with Crippen molar-refractivity contribution in [2.75, 3.05) is 18.8 Å². The third kappa shape index (κ3) is 9.66. The second-order valence-electron chi connectivity index (χ2n) is 10.5. The fourth-order valence-corrected chi connectivity index (χ4v) is 4.81. The Hall–Kier alpha value is -4.20. The van der Waals surface area contributed by atoms with Crippen LogP contribution >= 0.6 is 0 Å². The number of aliphatic carboxylic acids is 1. The molecule has 13 heteroatoms. The summed E-state index contributed by atoms with van der Waals surface area (Å²) in [4.78, 5) is 51.9. The fraction of sp³-hybridized carbons (Fsp3) is 0.467. The number of fused-ring (bicyclic) bond motifs is 5. The molecule has 0 unspecified atom stereocenters. The normalized spacial score (nSPS) is 19.5. The minimum atomic E-state index is -1.22. The standard InChI is InChI=1S/C29H41N7O6.CH4/c30-10-2-1-4-23(29(41)42)35-28(40)24-15-18-12-16(6-8-20(18)32)17-7-9-25(37)19(13-17)14-21(33)26(38)34-22(5-3-11-31)27(39)36-24;/h6-9,12-13,21-24,37H,1-5,10-11,14-15,30-33H2,(H,34,38)(H,35,40)(H,36,39)(H,41,42);1H4/t21-,22-,23-,24-;/m0./s1. The second-order valence-corrected chi connectivity index (χ2v) is 10.5. The van der Waals surface area contributed by atoms with E-state index in [4.69, 9.17) is 22.9 Å². The molecule has 2 aromatic carbocycles. The van der Waals surface area contributed by atoms with Gasteiger partial charge in [0.15, 0.2) is 0 Å². The fourth-order valence-electron chi connectivity index (χ4n) is 4.81. The highest BCUT2D eigenvalue weighted by atomic mass is 16.4. The SMILES string of the molecule is C.NCCCC[C@H](NC(=O)[C@@H]1Cc2cc(ccc2N)-c2ccc(O)c(c2)C[C@H](N)C(=O)N[C@@H](CCCN)C(=O)N1)C(=O)O. The zero-order chi connectivity index (χ0) is 30.8. The van der Waals surface area contributed by atoms with Crippen LogP contribution in [0.5, 0.6) is 5.75 Å². The van der Waals surface area contributed by atoms with Gasteiger partial charge in [-0.15, -0.1) is 0 Å². The monoisotopic (exact) mass is 599 g/mol. The first-order chi connectivity index (χ1) is 20.0. The Morgan fingerprint density at radius 3 is 2.23 bits per heavy atom. The molecule has 0 aromatic heterocycles. The Kier molecular flexibility index (Phi) is 13.4. The summed E-state index contributed by atoms with van der Waals surface area (Å²) in [7, 11) is 0. The van der Waals surface area contributed by atoms with E-state index >= 15 is 0 Å². The van der Waals surface area contributed by atoms with E-state index in [9.17, 15) is 29.4 Å². The van der Waals surface area contributed by atoms with Gasteiger partial charge in [0.05, 0.1) is 6.04 Å². The number of phenols is 1. The molecule has 0 saturated carbocycles. The van der Waals surface area contributed by atoms with Crippen molar-refractivity contribution >= 4 is 29.4 Å². The number of phenolic OH excluding ortho intramolecular Hbond substituents is 1. The summed E-state index contributed by atoms with van der Waals surface area (Å²) < 4.78 is 0. The molecule has 2 aromatic rings. The van der Waals surface area contributed by atoms with E-state index in [1.165, 1.54) is 6.07 Å². The van der Waals surface area contributed by atoms with Crippen molar-refractivity contribution in [3.63, 3.8) is 0 Å². The maximum Gasteiger partial charge on any atom is 0.326 e. The van der Waals surface area contributed by atoms with Gasteiger partial charge in [-0.05, 0) is 91.7 Å². The number of nitrogen functional groups attached to an aromatic ring is 1. The lowest BCUT2D eigenvalue weighted by Crippen LogP contribution is -2.57. The molecule has 0 radical (unpaired) electrons. The number of carboxylic acids is 1. The van der Waals surface area contributed by atoms with Gasteiger partial charge in [-0.1, -0.05) is 19.6 Å². The lowest BCUT2D eigenvalue weighted by molar-refractivity contribution is -0.142. The van der Waals surface area contributed by atoms with Crippen LogP contribution in [0.25, 0.3) is 11.1 Å². The smallest absolute Gasteiger partial charge is 0.326 e. The van der Waals surface area contributed by atoms with Gasteiger partial charge in [-0.25, -0.2) is 4.79 Å². The van der Waals surface area contributed by atoms with Crippen LogP contribution in [-0.2, 0) is 32.0 Å². The van der Waals surface area contributed by atoms with Gasteiger partial charge >= 0.3 is 5.97 Å². The predicted molar refractivity (Wildman–Crippen MR) is 165 cm³/mol. The van der Waals surface area contributed by atoms with Gasteiger partial charge in [0.1, 0.15) is 23.9 Å². The highest BCUT2D eigenvalue weighted by Gasteiger charge is 2.31. The van der Waals surface area contributed by atoms with Gasteiger partial charge < -0.3 is 49.1 Å². The largest absolute Gasteiger partial charge is 0.508 e. The molecule has 13 nitrogen and oxygen atoms in total. The number of carboxylic acid groups (broad SMARTS) is 1. The van der Waals surface area contributed by atoms with Crippen LogP contribution in [0.1, 0.15) is 50.7 Å². The van der Waals surface area contributed by atoms with Crippen molar-refractivity contribution in [1.29, 1.82) is 0 Å². The molecule has 1 aliphatic heterocycles. The van der Waals surface area contributed by atoms with Crippen LogP contribution in [0.4, 0.5) is 5.69 Å². The maximum atomic E-state index is 13.5. The molecule has 13 N–H and O–H groups in total. The first-order valence-corrected chi connectivity index (χ1v) is 14.0. The van der Waals surface area contributed by atoms with Crippen LogP contribution in [0, 0.1) is 0 Å². The van der Waals surface area contributed by atoms with Crippen LogP contribution in [-0.4, -0.2) is 71.2 Å². The van der Waals surface area contributed by atoms with Gasteiger partial charge in [0.2, 0.25) is 17.7 Å². The average molecular weight is 600 g/mol. The van der Waals surface area contributed by atoms with Crippen molar-refractivity contribution in [3.8, 4) is 16.9 Å². The summed E-state index contributed by atoms with van der Waals surface area (Å²) in [6, 6.07) is 5.55. The van der Waals surface area contributed by atoms with E-state index in [2.05, 4.69) is 16.0 Å². The minimum Gasteiger partial charge on any atom is -0.508 e. The molecule has 3 rings (SSSR count). The highest BCUT2D eigenvalue weighted by Crippen LogP contribution is 2.29. The highest BCUT2D eigenvalue weighted by molar-refractivity contribution is 5.94. The van der Waals surface area contributed by atoms with Crippen molar-refractivity contribution < 1.29 is 29.4 Å². The Morgan fingerprint density at radius 1 is 0.930 bits per heavy atom. The quantitative estimate of drug-likeness (QED) is 0.132. The molecule has 1 aliphatic rings. The van der Waals surface area contributed by atoms with Crippen molar-refractivity contribution in [1.82, 2.24) is 16.0 Å². The Bertz CT molecular complexity index is 1290. The Morgan fingerprint density at radius 2 is 1.58 bits per heavy atom. The van der Waals surface area contributed by atoms with Crippen molar-refractivity contribution in [2.45, 2.75) is 76.5 Å². The minimum absolute atomic E-state index is 0. The number of carbonyl (C=O) groups excluding carboxylic acids is 3. The van der Waals surface area contributed by atoms with Gasteiger partial charge in [0, 0.05) is 18.5 Å². The van der Waals surface area contributed by atoms with E-state index in [-0.39, 0.29) is 45.4 Å². The number of nitrogens with one attached hydrogen (secondary N) is 3. The average Bonchev–Trinajstić information content (AvgIpc) is 2.95. The third-order valence-electron chi connectivity index (χ3n) is 7.28. The second kappa shape index (κ2) is 16.4. The van der Waals surface area contributed by atoms with E-state index in [0.29, 0.717) is 53.7 Å². The van der Waals surface area contributed by atoms with Crippen LogP contribution in [0.15, 0.2) is 36.4 Å². The number of nitrogens with two attached hydrogens (primary N) is 4. The molecule has 236 valence electrons. The zero-order valence-corrected chi connectivity index (χ0v) is 23.5. The summed E-state index contributed by atoms with van der Waals surface area (Å²) in [6.45, 7) is 0.638. The summed E-state index contributed by atoms with van der Waals surface area (Å²) in [5.41, 5.74) is 26.4. The zero-order valence-electron chi connectivity index (χ0n) is 23.5. The Balaban J connectivity index is 0.00000645. The third-order valence-corrected chi connectivity index (χ3v) is 7.28. The van der Waals surface area contributed by atoms with E-state index in [1.54, 1.807) is 30.3 Å². The summed E-state index contributed by atoms with van der Waals surface area (Å²) >= 11 is 0. The molecule has 4 atom stereocenters. The topological polar surface area (TPSA) is 249 Å². The van der Waals surface area contributed by atoms with Gasteiger partial charge in [0.25, 0.3) is 0 Å². The van der Waals surface area contributed by atoms with Crippen LogP contribution in [0.2, 0.25) is 0 Å². The van der Waals surface area contributed by atoms with E-state index in [0.717, 1.165) is 0 Å². The molecular formula is C30H45N7O6. The van der Waals surface area contributed by atoms with E-state index < -0.39 is 47.9 Å². The summed E-state index contributed by atoms with van der Waals surface area (Å²) in [6.07, 6.45) is 1.75. The molecule has 4 bridgehead atoms. The molecule has 0 saturated heterocycles. The number of rotatable bonds is 10. The first-order valence-electron chi connectivity index (χ1n) is 14.0. The number of benzene rings is 2. The predicted octanol–water partition coefficient (Wildman–Crippen LogP) is 0.110. The van der Waals surface area contributed by atoms with Gasteiger partial charge in [-0.2, -0.15) is 0 Å². The molecule has 43 heavy (non-hydrogen) atoms. The lowest BCUT2D eigenvalue weighted by Gasteiger charge is -2.25. The lowest BCUT2D eigenvalue weighted by atomic mass is 9.95. The molecule has 1 heterocycles. The molecule has 0 fully saturated rings. The number of amides is 3. The molecular weight excluding hydrogens is 554 g/mol. The number of anilines is 1. The maximum absolute atomic E-state index is 13.5.